The smallest absolute Gasteiger partial charge is 0.323 e. The summed E-state index contributed by atoms with van der Waals surface area (Å²) in [6.45, 7) is 3.69. The molecule has 0 aromatic heterocycles. The fraction of sp³-hybridized carbons (Fsp3) is 0.222. The predicted octanol–water partition coefficient (Wildman–Crippen LogP) is 6.62. The highest BCUT2D eigenvalue weighted by Gasteiger charge is 2.34. The Morgan fingerprint density at radius 3 is 1.94 bits per heavy atom. The maximum Gasteiger partial charge on any atom is 0.323 e. The molecule has 32 heavy (non-hydrogen) atoms. The van der Waals surface area contributed by atoms with Crippen LogP contribution in [0.3, 0.4) is 0 Å². The van der Waals surface area contributed by atoms with Gasteiger partial charge in [0, 0.05) is 39.1 Å². The Morgan fingerprint density at radius 2 is 1.38 bits per heavy atom. The molecule has 1 heterocycles. The van der Waals surface area contributed by atoms with E-state index in [2.05, 4.69) is 65.6 Å². The number of benzene rings is 3. The molecule has 0 saturated carbocycles. The number of carbonyl (C=O) groups excluding carboxylic acids is 1. The molecule has 1 atom stereocenters. The predicted molar refractivity (Wildman–Crippen MR) is 134 cm³/mol. The van der Waals surface area contributed by atoms with Crippen LogP contribution in [0, 0.1) is 0 Å². The molecule has 4 rings (SSSR count). The lowest BCUT2D eigenvalue weighted by Crippen LogP contribution is -2.45. The normalized spacial score (nSPS) is 16.7. The van der Waals surface area contributed by atoms with Gasteiger partial charge in [0.1, 0.15) is 6.04 Å². The van der Waals surface area contributed by atoms with Crippen molar-refractivity contribution in [3.05, 3.63) is 106 Å². The molecule has 1 aliphatic heterocycles. The molecule has 0 N–H and O–H groups in total. The average Bonchev–Trinajstić information content (AvgIpc) is 2.83. The fourth-order valence-electron chi connectivity index (χ4n) is 3.71. The largest absolute Gasteiger partial charge is 0.465 e. The molecule has 1 aliphatic rings. The second-order valence-corrected chi connectivity index (χ2v) is 9.88. The highest BCUT2D eigenvalue weighted by molar-refractivity contribution is 8.06. The van der Waals surface area contributed by atoms with Crippen LogP contribution >= 0.6 is 23.5 Å². The SMILES string of the molecule is CCOC(=O)C1CC(Sc2ccccc2)=C(Sc2ccccc2)CN1Cc1ccccc1. The summed E-state index contributed by atoms with van der Waals surface area (Å²) in [5.41, 5.74) is 1.20. The zero-order valence-corrected chi connectivity index (χ0v) is 19.8. The van der Waals surface area contributed by atoms with Gasteiger partial charge in [-0.3, -0.25) is 9.69 Å². The molecular formula is C27H27NO2S2. The van der Waals surface area contributed by atoms with Crippen molar-refractivity contribution >= 4 is 29.5 Å². The van der Waals surface area contributed by atoms with Crippen LogP contribution in [0.2, 0.25) is 0 Å². The summed E-state index contributed by atoms with van der Waals surface area (Å²) in [4.78, 5) is 20.2. The first kappa shape index (κ1) is 22.7. The molecule has 0 saturated heterocycles. The maximum absolute atomic E-state index is 13.0. The molecule has 0 amide bonds. The number of hydrogen-bond acceptors (Lipinski definition) is 5. The lowest BCUT2D eigenvalue weighted by molar-refractivity contribution is -0.149. The van der Waals surface area contributed by atoms with Gasteiger partial charge in [-0.1, -0.05) is 90.3 Å². The topological polar surface area (TPSA) is 29.5 Å². The van der Waals surface area contributed by atoms with Crippen molar-refractivity contribution in [3.8, 4) is 0 Å². The third kappa shape index (κ3) is 6.06. The van der Waals surface area contributed by atoms with Crippen LogP contribution in [0.4, 0.5) is 0 Å². The molecule has 164 valence electrons. The zero-order chi connectivity index (χ0) is 22.2. The van der Waals surface area contributed by atoms with Crippen LogP contribution in [0.25, 0.3) is 0 Å². The van der Waals surface area contributed by atoms with Crippen molar-refractivity contribution in [2.75, 3.05) is 13.2 Å². The lowest BCUT2D eigenvalue weighted by Gasteiger charge is -2.36. The first-order chi connectivity index (χ1) is 15.7. The second-order valence-electron chi connectivity index (χ2n) is 7.54. The van der Waals surface area contributed by atoms with Gasteiger partial charge in [-0.2, -0.15) is 0 Å². The van der Waals surface area contributed by atoms with Crippen molar-refractivity contribution in [2.24, 2.45) is 0 Å². The summed E-state index contributed by atoms with van der Waals surface area (Å²) < 4.78 is 5.48. The summed E-state index contributed by atoms with van der Waals surface area (Å²) in [6.07, 6.45) is 0.653. The van der Waals surface area contributed by atoms with E-state index in [9.17, 15) is 4.79 Å². The van der Waals surface area contributed by atoms with Crippen LogP contribution < -0.4 is 0 Å². The summed E-state index contributed by atoms with van der Waals surface area (Å²) in [7, 11) is 0. The molecule has 3 nitrogen and oxygen atoms in total. The van der Waals surface area contributed by atoms with Gasteiger partial charge in [-0.15, -0.1) is 0 Å². The molecule has 3 aromatic rings. The molecule has 1 unspecified atom stereocenters. The monoisotopic (exact) mass is 461 g/mol. The van der Waals surface area contributed by atoms with E-state index < -0.39 is 0 Å². The van der Waals surface area contributed by atoms with Crippen molar-refractivity contribution in [1.29, 1.82) is 0 Å². The molecule has 0 bridgehead atoms. The molecule has 0 aliphatic carbocycles. The van der Waals surface area contributed by atoms with Gasteiger partial charge in [-0.25, -0.2) is 0 Å². The minimum absolute atomic E-state index is 0.140. The van der Waals surface area contributed by atoms with E-state index in [1.165, 1.54) is 25.2 Å². The number of nitrogens with zero attached hydrogens (tertiary/aromatic N) is 1. The van der Waals surface area contributed by atoms with Crippen molar-refractivity contribution in [1.82, 2.24) is 4.90 Å². The van der Waals surface area contributed by atoms with E-state index >= 15 is 0 Å². The lowest BCUT2D eigenvalue weighted by atomic mass is 10.1. The van der Waals surface area contributed by atoms with Gasteiger partial charge < -0.3 is 4.74 Å². The number of ether oxygens (including phenoxy) is 1. The fourth-order valence-corrected chi connectivity index (χ4v) is 5.96. The third-order valence-corrected chi connectivity index (χ3v) is 7.66. The Kier molecular flexibility index (Phi) is 8.10. The zero-order valence-electron chi connectivity index (χ0n) is 18.1. The first-order valence-corrected chi connectivity index (χ1v) is 12.5. The molecule has 3 aromatic carbocycles. The number of carbonyl (C=O) groups is 1. The number of rotatable bonds is 8. The van der Waals surface area contributed by atoms with Gasteiger partial charge in [0.05, 0.1) is 6.61 Å². The Morgan fingerprint density at radius 1 is 0.844 bits per heavy atom. The molecule has 0 fully saturated rings. The van der Waals surface area contributed by atoms with Gasteiger partial charge in [0.25, 0.3) is 0 Å². The third-order valence-electron chi connectivity index (χ3n) is 5.23. The van der Waals surface area contributed by atoms with E-state index in [1.807, 2.05) is 37.3 Å². The summed E-state index contributed by atoms with van der Waals surface area (Å²) >= 11 is 3.56. The number of hydrogen-bond donors (Lipinski definition) is 0. The van der Waals surface area contributed by atoms with E-state index in [1.54, 1.807) is 23.5 Å². The Labute approximate surface area is 198 Å². The minimum Gasteiger partial charge on any atom is -0.465 e. The van der Waals surface area contributed by atoms with Crippen LogP contribution in [0.5, 0.6) is 0 Å². The molecular weight excluding hydrogens is 434 g/mol. The van der Waals surface area contributed by atoms with Gasteiger partial charge in [0.15, 0.2) is 0 Å². The minimum atomic E-state index is -0.290. The van der Waals surface area contributed by atoms with Crippen LogP contribution in [0.1, 0.15) is 18.9 Å². The van der Waals surface area contributed by atoms with E-state index in [-0.39, 0.29) is 12.0 Å². The van der Waals surface area contributed by atoms with Crippen LogP contribution in [0.15, 0.2) is 111 Å². The maximum atomic E-state index is 13.0. The number of esters is 1. The second kappa shape index (κ2) is 11.4. The first-order valence-electron chi connectivity index (χ1n) is 10.9. The summed E-state index contributed by atoms with van der Waals surface area (Å²) in [5.74, 6) is -0.140. The molecule has 0 spiro atoms. The molecule has 0 radical (unpaired) electrons. The van der Waals surface area contributed by atoms with Gasteiger partial charge in [0.2, 0.25) is 0 Å². The van der Waals surface area contributed by atoms with Crippen LogP contribution in [-0.2, 0) is 16.1 Å². The summed E-state index contributed by atoms with van der Waals surface area (Å²) in [5, 5.41) is 0. The quantitative estimate of drug-likeness (QED) is 0.352. The Bertz CT molecular complexity index is 1040. The highest BCUT2D eigenvalue weighted by atomic mass is 32.2. The van der Waals surface area contributed by atoms with E-state index in [0.717, 1.165) is 0 Å². The Balaban J connectivity index is 1.67. The van der Waals surface area contributed by atoms with Crippen molar-refractivity contribution in [2.45, 2.75) is 35.7 Å². The van der Waals surface area contributed by atoms with Gasteiger partial charge in [-0.05, 0) is 36.8 Å². The summed E-state index contributed by atoms with van der Waals surface area (Å²) in [6, 6.07) is 30.9. The van der Waals surface area contributed by atoms with Crippen molar-refractivity contribution < 1.29 is 9.53 Å². The average molecular weight is 462 g/mol. The van der Waals surface area contributed by atoms with Gasteiger partial charge >= 0.3 is 5.97 Å². The van der Waals surface area contributed by atoms with E-state index in [4.69, 9.17) is 4.74 Å². The molecule has 5 heteroatoms. The van der Waals surface area contributed by atoms with Crippen LogP contribution in [-0.4, -0.2) is 30.1 Å². The van der Waals surface area contributed by atoms with Crippen molar-refractivity contribution in [3.63, 3.8) is 0 Å². The highest BCUT2D eigenvalue weighted by Crippen LogP contribution is 2.43. The van der Waals surface area contributed by atoms with E-state index in [0.29, 0.717) is 26.1 Å². The standard InChI is InChI=1S/C27H27NO2S2/c1-2-30-27(29)24-18-25(31-22-14-8-4-9-15-22)26(32-23-16-10-5-11-17-23)20-28(24)19-21-12-6-3-7-13-21/h3-17,24H,2,18-20H2,1H3. The Hall–Kier alpha value is -2.47. The number of thioether (sulfide) groups is 2.